The highest BCUT2D eigenvalue weighted by Crippen LogP contribution is 2.15. The molecule has 0 aliphatic heterocycles. The van der Waals surface area contributed by atoms with Crippen LogP contribution in [-0.2, 0) is 28.6 Å². The minimum Gasteiger partial charge on any atom is -0.462 e. The van der Waals surface area contributed by atoms with E-state index in [1.54, 1.807) is 6.08 Å². The molecule has 454 valence electrons. The molecule has 0 bridgehead atoms. The summed E-state index contributed by atoms with van der Waals surface area (Å²) in [5.74, 6) is -1.08. The van der Waals surface area contributed by atoms with E-state index in [1.807, 2.05) is 6.08 Å². The third-order valence-electron chi connectivity index (χ3n) is 13.2. The zero-order valence-electron chi connectivity index (χ0n) is 52.0. The lowest BCUT2D eigenvalue weighted by Gasteiger charge is -2.18. The van der Waals surface area contributed by atoms with Crippen molar-refractivity contribution in [3.63, 3.8) is 0 Å². The molecule has 0 aromatic rings. The van der Waals surface area contributed by atoms with Gasteiger partial charge in [-0.2, -0.15) is 0 Å². The van der Waals surface area contributed by atoms with Gasteiger partial charge in [0.15, 0.2) is 6.10 Å². The molecule has 81 heavy (non-hydrogen) atoms. The first-order valence-electron chi connectivity index (χ1n) is 32.6. The van der Waals surface area contributed by atoms with Crippen molar-refractivity contribution in [1.29, 1.82) is 0 Å². The van der Waals surface area contributed by atoms with Crippen LogP contribution in [0.25, 0.3) is 0 Å². The van der Waals surface area contributed by atoms with E-state index in [0.717, 1.165) is 148 Å². The SMILES string of the molecule is CC/C=C\C/C=C\C/C=C\C/C=C\C/C=C\CCCCCCCC(=O)OC(COC(=O)C/C=C\C/C=C\C/C=C\C/C=C\C/C=C\CC)COC(=O)CCCCCCCCCCCCCCCC/C=C\C/C=C\C/C=C\C/C=C\CC. The molecule has 0 aromatic carbocycles. The molecule has 1 atom stereocenters. The van der Waals surface area contributed by atoms with Crippen LogP contribution in [0.1, 0.15) is 265 Å². The summed E-state index contributed by atoms with van der Waals surface area (Å²) in [6.45, 7) is 6.20. The summed E-state index contributed by atoms with van der Waals surface area (Å²) in [6, 6.07) is 0. The van der Waals surface area contributed by atoms with Crippen molar-refractivity contribution >= 4 is 17.9 Å². The summed E-state index contributed by atoms with van der Waals surface area (Å²) >= 11 is 0. The summed E-state index contributed by atoms with van der Waals surface area (Å²) in [7, 11) is 0. The van der Waals surface area contributed by atoms with Gasteiger partial charge in [0.05, 0.1) is 6.42 Å². The highest BCUT2D eigenvalue weighted by atomic mass is 16.6. The van der Waals surface area contributed by atoms with E-state index in [-0.39, 0.29) is 38.0 Å². The Bertz CT molecular complexity index is 1860. The Morgan fingerprint density at radius 2 is 0.494 bits per heavy atom. The lowest BCUT2D eigenvalue weighted by Crippen LogP contribution is -2.30. The molecule has 0 heterocycles. The Kier molecular flexibility index (Phi) is 62.9. The molecule has 0 saturated carbocycles. The molecule has 0 saturated heterocycles. The molecule has 0 aliphatic rings. The number of hydrogen-bond donors (Lipinski definition) is 0. The van der Waals surface area contributed by atoms with E-state index < -0.39 is 12.1 Å². The number of hydrogen-bond acceptors (Lipinski definition) is 6. The van der Waals surface area contributed by atoms with Gasteiger partial charge in [-0.15, -0.1) is 0 Å². The Balaban J connectivity index is 4.45. The van der Waals surface area contributed by atoms with Crippen LogP contribution < -0.4 is 0 Å². The fraction of sp³-hybridized carbons (Fsp3) is 0.587. The predicted molar refractivity (Wildman–Crippen MR) is 352 cm³/mol. The van der Waals surface area contributed by atoms with Gasteiger partial charge in [0.1, 0.15) is 13.2 Å². The van der Waals surface area contributed by atoms with Gasteiger partial charge in [0.2, 0.25) is 0 Å². The number of unbranched alkanes of at least 4 members (excludes halogenated alkanes) is 19. The van der Waals surface area contributed by atoms with Crippen LogP contribution in [0.3, 0.4) is 0 Å². The molecule has 0 aromatic heterocycles. The lowest BCUT2D eigenvalue weighted by molar-refractivity contribution is -0.166. The average Bonchev–Trinajstić information content (AvgIpc) is 3.47. The highest BCUT2D eigenvalue weighted by Gasteiger charge is 2.19. The predicted octanol–water partition coefficient (Wildman–Crippen LogP) is 22.7. The van der Waals surface area contributed by atoms with E-state index in [2.05, 4.69) is 179 Å². The quantitative estimate of drug-likeness (QED) is 0.0261. The van der Waals surface area contributed by atoms with E-state index in [9.17, 15) is 14.4 Å². The summed E-state index contributed by atoms with van der Waals surface area (Å²) in [4.78, 5) is 38.3. The first-order valence-corrected chi connectivity index (χ1v) is 32.6. The second-order valence-electron chi connectivity index (χ2n) is 20.9. The third kappa shape index (κ3) is 65.5. The largest absolute Gasteiger partial charge is 0.462 e. The van der Waals surface area contributed by atoms with Gasteiger partial charge in [-0.05, 0) is 128 Å². The second kappa shape index (κ2) is 67.3. The van der Waals surface area contributed by atoms with Crippen LogP contribution in [0, 0.1) is 0 Å². The highest BCUT2D eigenvalue weighted by molar-refractivity contribution is 5.72. The van der Waals surface area contributed by atoms with Gasteiger partial charge in [-0.25, -0.2) is 0 Å². The fourth-order valence-electron chi connectivity index (χ4n) is 8.48. The fourth-order valence-corrected chi connectivity index (χ4v) is 8.48. The van der Waals surface area contributed by atoms with Crippen LogP contribution in [-0.4, -0.2) is 37.2 Å². The zero-order chi connectivity index (χ0) is 58.5. The standard InChI is InChI=1S/C75H118O6/c1-4-7-10-13-16-19-22-25-28-30-32-34-35-36-37-38-39-41-42-44-47-50-53-56-59-62-65-68-74(77)80-71-72(70-79-73(76)67-64-61-58-55-52-49-46-27-24-21-18-15-12-9-6-3)81-75(78)69-66-63-60-57-54-51-48-45-43-40-33-31-29-26-23-20-17-14-11-8-5-2/h7-12,16-21,25-29,32-34,40,45-46,48,52,55,61,64,72H,4-6,13-15,22-24,30-31,35-39,41-44,47,49-51,53-54,56-60,62-63,65-71H2,1-3H3/b10-7-,11-8-,12-9-,19-16-,20-17-,21-18-,28-25-,29-26-,34-32-,40-33-,46-27-,48-45-,55-52-,64-61-. The van der Waals surface area contributed by atoms with Gasteiger partial charge in [-0.1, -0.05) is 287 Å². The molecule has 0 N–H and O–H groups in total. The number of esters is 3. The Hall–Kier alpha value is -5.23. The smallest absolute Gasteiger partial charge is 0.309 e. The lowest BCUT2D eigenvalue weighted by atomic mass is 10.0. The normalized spacial score (nSPS) is 13.3. The maximum atomic E-state index is 12.9. The van der Waals surface area contributed by atoms with Crippen molar-refractivity contribution in [3.05, 3.63) is 170 Å². The number of allylic oxidation sites excluding steroid dienone is 27. The minimum atomic E-state index is -0.839. The van der Waals surface area contributed by atoms with E-state index in [1.165, 1.54) is 77.0 Å². The topological polar surface area (TPSA) is 78.9 Å². The summed E-state index contributed by atoms with van der Waals surface area (Å²) in [6.07, 6.45) is 99.6. The van der Waals surface area contributed by atoms with Crippen molar-refractivity contribution in [1.82, 2.24) is 0 Å². The molecule has 0 amide bonds. The molecule has 6 heteroatoms. The molecule has 0 fully saturated rings. The maximum Gasteiger partial charge on any atom is 0.309 e. The van der Waals surface area contributed by atoms with E-state index in [4.69, 9.17) is 14.2 Å². The third-order valence-corrected chi connectivity index (χ3v) is 13.2. The first kappa shape index (κ1) is 75.8. The second-order valence-corrected chi connectivity index (χ2v) is 20.9. The molecule has 0 aliphatic carbocycles. The van der Waals surface area contributed by atoms with Crippen molar-refractivity contribution in [3.8, 4) is 0 Å². The van der Waals surface area contributed by atoms with Crippen LogP contribution in [0.2, 0.25) is 0 Å². The van der Waals surface area contributed by atoms with Crippen LogP contribution >= 0.6 is 0 Å². The minimum absolute atomic E-state index is 0.115. The van der Waals surface area contributed by atoms with Gasteiger partial charge in [0, 0.05) is 12.8 Å². The number of carbonyl (C=O) groups excluding carboxylic acids is 3. The van der Waals surface area contributed by atoms with Gasteiger partial charge in [-0.3, -0.25) is 14.4 Å². The van der Waals surface area contributed by atoms with Gasteiger partial charge >= 0.3 is 17.9 Å². The summed E-state index contributed by atoms with van der Waals surface area (Å²) in [5.41, 5.74) is 0. The van der Waals surface area contributed by atoms with Gasteiger partial charge < -0.3 is 14.2 Å². The van der Waals surface area contributed by atoms with Crippen molar-refractivity contribution in [2.24, 2.45) is 0 Å². The Morgan fingerprint density at radius 1 is 0.259 bits per heavy atom. The number of rotatable bonds is 57. The van der Waals surface area contributed by atoms with Gasteiger partial charge in [0.25, 0.3) is 0 Å². The zero-order valence-corrected chi connectivity index (χ0v) is 52.0. The molecule has 6 nitrogen and oxygen atoms in total. The summed E-state index contributed by atoms with van der Waals surface area (Å²) < 4.78 is 16.8. The Labute approximate surface area is 498 Å². The number of ether oxygens (including phenoxy) is 3. The van der Waals surface area contributed by atoms with Crippen molar-refractivity contribution in [2.75, 3.05) is 13.2 Å². The monoisotopic (exact) mass is 1110 g/mol. The molecular formula is C75H118O6. The molecule has 0 rings (SSSR count). The number of carbonyl (C=O) groups is 3. The summed E-state index contributed by atoms with van der Waals surface area (Å²) in [5, 5.41) is 0. The van der Waals surface area contributed by atoms with Crippen LogP contribution in [0.4, 0.5) is 0 Å². The molecular weight excluding hydrogens is 997 g/mol. The molecule has 0 radical (unpaired) electrons. The molecule has 0 spiro atoms. The van der Waals surface area contributed by atoms with Crippen molar-refractivity contribution < 1.29 is 28.6 Å². The average molecular weight is 1120 g/mol. The van der Waals surface area contributed by atoms with Crippen LogP contribution in [0.5, 0.6) is 0 Å². The van der Waals surface area contributed by atoms with E-state index >= 15 is 0 Å². The Morgan fingerprint density at radius 3 is 0.802 bits per heavy atom. The van der Waals surface area contributed by atoms with Crippen molar-refractivity contribution in [2.45, 2.75) is 271 Å². The van der Waals surface area contributed by atoms with E-state index in [0.29, 0.717) is 6.42 Å². The molecule has 1 unspecified atom stereocenters. The van der Waals surface area contributed by atoms with Crippen LogP contribution in [0.15, 0.2) is 170 Å². The first-order chi connectivity index (χ1) is 40.0. The maximum absolute atomic E-state index is 12.9.